The number of alkyl halides is 1. The first kappa shape index (κ1) is 14.8. The van der Waals surface area contributed by atoms with E-state index in [0.29, 0.717) is 23.0 Å². The molecular formula is C16H21ClFN3. The highest BCUT2D eigenvalue weighted by molar-refractivity contribution is 6.16. The summed E-state index contributed by atoms with van der Waals surface area (Å²) < 4.78 is 16.0. The molecule has 3 rings (SSSR count). The first-order valence-electron chi connectivity index (χ1n) is 7.59. The smallest absolute Gasteiger partial charge is 0.128 e. The molecule has 1 aliphatic heterocycles. The largest absolute Gasteiger partial charge is 0.323 e. The summed E-state index contributed by atoms with van der Waals surface area (Å²) in [4.78, 5) is 6.98. The van der Waals surface area contributed by atoms with Crippen molar-refractivity contribution in [1.82, 2.24) is 14.5 Å². The van der Waals surface area contributed by atoms with Crippen molar-refractivity contribution in [1.29, 1.82) is 0 Å². The second-order valence-corrected chi connectivity index (χ2v) is 6.08. The molecule has 5 heteroatoms. The van der Waals surface area contributed by atoms with E-state index in [2.05, 4.69) is 21.4 Å². The van der Waals surface area contributed by atoms with Crippen LogP contribution in [0, 0.1) is 12.7 Å². The Morgan fingerprint density at radius 1 is 1.43 bits per heavy atom. The molecule has 2 heterocycles. The molecule has 0 amide bonds. The minimum absolute atomic E-state index is 0.202. The molecule has 21 heavy (non-hydrogen) atoms. The van der Waals surface area contributed by atoms with Crippen molar-refractivity contribution < 1.29 is 4.39 Å². The molecule has 1 saturated heterocycles. The summed E-state index contributed by atoms with van der Waals surface area (Å²) >= 11 is 6.08. The number of nitrogens with zero attached hydrogens (tertiary/aromatic N) is 3. The van der Waals surface area contributed by atoms with Crippen molar-refractivity contribution in [3.05, 3.63) is 29.3 Å². The van der Waals surface area contributed by atoms with E-state index in [-0.39, 0.29) is 5.82 Å². The number of aryl methyl sites for hydroxylation is 1. The van der Waals surface area contributed by atoms with Crippen LogP contribution in [-0.4, -0.2) is 34.1 Å². The third-order valence-corrected chi connectivity index (χ3v) is 4.69. The second-order valence-electron chi connectivity index (χ2n) is 5.81. The Hall–Kier alpha value is -1.13. The van der Waals surface area contributed by atoms with Crippen LogP contribution in [0.1, 0.15) is 37.2 Å². The summed E-state index contributed by atoms with van der Waals surface area (Å²) in [7, 11) is 0. The van der Waals surface area contributed by atoms with Gasteiger partial charge in [-0.3, -0.25) is 0 Å². The lowest BCUT2D eigenvalue weighted by atomic mass is 10.0. The SMILES string of the molecule is CCN1CCCC(n2c(CCl)nc3cc(F)c(C)cc32)C1. The fourth-order valence-electron chi connectivity index (χ4n) is 3.30. The van der Waals surface area contributed by atoms with E-state index in [1.54, 1.807) is 6.92 Å². The monoisotopic (exact) mass is 309 g/mol. The normalized spacial score (nSPS) is 20.3. The number of benzene rings is 1. The summed E-state index contributed by atoms with van der Waals surface area (Å²) in [6.45, 7) is 7.22. The topological polar surface area (TPSA) is 21.1 Å². The molecule has 1 aliphatic rings. The van der Waals surface area contributed by atoms with Crippen LogP contribution < -0.4 is 0 Å². The van der Waals surface area contributed by atoms with Gasteiger partial charge < -0.3 is 9.47 Å². The Kier molecular flexibility index (Phi) is 4.18. The van der Waals surface area contributed by atoms with Crippen molar-refractivity contribution >= 4 is 22.6 Å². The Morgan fingerprint density at radius 2 is 2.24 bits per heavy atom. The predicted octanol–water partition coefficient (Wildman–Crippen LogP) is 3.88. The molecule has 0 spiro atoms. The number of hydrogen-bond acceptors (Lipinski definition) is 2. The third kappa shape index (κ3) is 2.67. The number of imidazole rings is 1. The number of rotatable bonds is 3. The molecule has 0 bridgehead atoms. The van der Waals surface area contributed by atoms with Gasteiger partial charge >= 0.3 is 0 Å². The molecule has 3 nitrogen and oxygen atoms in total. The third-order valence-electron chi connectivity index (χ3n) is 4.46. The first-order valence-corrected chi connectivity index (χ1v) is 8.12. The molecule has 1 aromatic heterocycles. The van der Waals surface area contributed by atoms with Gasteiger partial charge in [0.05, 0.1) is 16.9 Å². The van der Waals surface area contributed by atoms with Gasteiger partial charge in [-0.25, -0.2) is 9.37 Å². The maximum atomic E-state index is 13.8. The lowest BCUT2D eigenvalue weighted by Gasteiger charge is -2.33. The van der Waals surface area contributed by atoms with E-state index in [9.17, 15) is 4.39 Å². The number of hydrogen-bond donors (Lipinski definition) is 0. The second kappa shape index (κ2) is 5.93. The van der Waals surface area contributed by atoms with Gasteiger partial charge in [-0.2, -0.15) is 0 Å². The van der Waals surface area contributed by atoms with Gasteiger partial charge in [-0.15, -0.1) is 11.6 Å². The summed E-state index contributed by atoms with van der Waals surface area (Å²) in [6.07, 6.45) is 2.31. The van der Waals surface area contributed by atoms with E-state index in [1.807, 2.05) is 6.07 Å². The van der Waals surface area contributed by atoms with Crippen LogP contribution in [0.5, 0.6) is 0 Å². The zero-order valence-corrected chi connectivity index (χ0v) is 13.3. The molecule has 1 aromatic carbocycles. The van der Waals surface area contributed by atoms with Crippen molar-refractivity contribution in [2.75, 3.05) is 19.6 Å². The molecule has 1 unspecified atom stereocenters. The van der Waals surface area contributed by atoms with Crippen LogP contribution in [0.3, 0.4) is 0 Å². The highest BCUT2D eigenvalue weighted by Crippen LogP contribution is 2.29. The maximum absolute atomic E-state index is 13.8. The Balaban J connectivity index is 2.09. The highest BCUT2D eigenvalue weighted by atomic mass is 35.5. The molecule has 0 aliphatic carbocycles. The Labute approximate surface area is 129 Å². The Morgan fingerprint density at radius 3 is 2.95 bits per heavy atom. The summed E-state index contributed by atoms with van der Waals surface area (Å²) in [5, 5.41) is 0. The molecule has 114 valence electrons. The van der Waals surface area contributed by atoms with E-state index in [4.69, 9.17) is 11.6 Å². The summed E-state index contributed by atoms with van der Waals surface area (Å²) in [5.74, 6) is 1.00. The van der Waals surface area contributed by atoms with Crippen LogP contribution in [-0.2, 0) is 5.88 Å². The standard InChI is InChI=1S/C16H21ClFN3/c1-3-20-6-4-5-12(10-20)21-15-7-11(2)13(18)8-14(15)19-16(21)9-17/h7-8,12H,3-6,9-10H2,1-2H3. The minimum atomic E-state index is -0.202. The van der Waals surface area contributed by atoms with Crippen LogP contribution in [0.25, 0.3) is 11.0 Å². The van der Waals surface area contributed by atoms with Gasteiger partial charge in [0.15, 0.2) is 0 Å². The van der Waals surface area contributed by atoms with Gasteiger partial charge in [-0.1, -0.05) is 6.92 Å². The maximum Gasteiger partial charge on any atom is 0.128 e. The Bertz CT molecular complexity index is 652. The number of aromatic nitrogens is 2. The number of piperidine rings is 1. The number of halogens is 2. The summed E-state index contributed by atoms with van der Waals surface area (Å²) in [6, 6.07) is 3.80. The fraction of sp³-hybridized carbons (Fsp3) is 0.562. The quantitative estimate of drug-likeness (QED) is 0.802. The van der Waals surface area contributed by atoms with Gasteiger partial charge in [-0.05, 0) is 44.5 Å². The number of likely N-dealkylation sites (N-methyl/N-ethyl adjacent to an activating group) is 1. The van der Waals surface area contributed by atoms with Crippen molar-refractivity contribution in [3.8, 4) is 0 Å². The zero-order chi connectivity index (χ0) is 15.0. The van der Waals surface area contributed by atoms with E-state index < -0.39 is 0 Å². The lowest BCUT2D eigenvalue weighted by molar-refractivity contribution is 0.186. The van der Waals surface area contributed by atoms with E-state index in [0.717, 1.165) is 37.4 Å². The molecule has 0 radical (unpaired) electrons. The predicted molar refractivity (Wildman–Crippen MR) is 84.4 cm³/mol. The van der Waals surface area contributed by atoms with Gasteiger partial charge in [0.2, 0.25) is 0 Å². The molecule has 1 fully saturated rings. The fourth-order valence-corrected chi connectivity index (χ4v) is 3.49. The average molecular weight is 310 g/mol. The lowest BCUT2D eigenvalue weighted by Crippen LogP contribution is -2.36. The highest BCUT2D eigenvalue weighted by Gasteiger charge is 2.24. The van der Waals surface area contributed by atoms with E-state index >= 15 is 0 Å². The van der Waals surface area contributed by atoms with E-state index in [1.165, 1.54) is 12.5 Å². The van der Waals surface area contributed by atoms with Crippen molar-refractivity contribution in [2.24, 2.45) is 0 Å². The van der Waals surface area contributed by atoms with Crippen molar-refractivity contribution in [2.45, 2.75) is 38.6 Å². The molecule has 0 saturated carbocycles. The zero-order valence-electron chi connectivity index (χ0n) is 12.6. The van der Waals surface area contributed by atoms with Crippen LogP contribution in [0.2, 0.25) is 0 Å². The minimum Gasteiger partial charge on any atom is -0.323 e. The number of fused-ring (bicyclic) bond motifs is 1. The van der Waals surface area contributed by atoms with Gasteiger partial charge in [0.1, 0.15) is 11.6 Å². The van der Waals surface area contributed by atoms with Gasteiger partial charge in [0.25, 0.3) is 0 Å². The van der Waals surface area contributed by atoms with Crippen LogP contribution >= 0.6 is 11.6 Å². The van der Waals surface area contributed by atoms with Crippen LogP contribution in [0.4, 0.5) is 4.39 Å². The van der Waals surface area contributed by atoms with Crippen molar-refractivity contribution in [3.63, 3.8) is 0 Å². The molecule has 0 N–H and O–H groups in total. The first-order chi connectivity index (χ1) is 10.1. The van der Waals surface area contributed by atoms with Gasteiger partial charge in [0, 0.05) is 18.7 Å². The molecule has 2 aromatic rings. The van der Waals surface area contributed by atoms with Crippen LogP contribution in [0.15, 0.2) is 12.1 Å². The number of likely N-dealkylation sites (tertiary alicyclic amines) is 1. The summed E-state index contributed by atoms with van der Waals surface area (Å²) in [5.41, 5.74) is 2.38. The molecule has 1 atom stereocenters. The average Bonchev–Trinajstić information content (AvgIpc) is 2.85. The molecular weight excluding hydrogens is 289 g/mol.